The lowest BCUT2D eigenvalue weighted by atomic mass is 9.74. The fourth-order valence-electron chi connectivity index (χ4n) is 9.26. The van der Waals surface area contributed by atoms with Crippen molar-refractivity contribution in [3.05, 3.63) is 155 Å². The molecule has 1 aliphatic carbocycles. The molecule has 2 aliphatic heterocycles. The SMILES string of the molecule is Cc1cc2c(cc1Oc1cc(C3=N[C@H](C4CCCCC4)[C@@H](c4ccccc4)O3)cc(-c3ccccc3)c1)-n1c3ncccc3c3cccc(c31)C2(C)C. The number of rotatable bonds is 6. The van der Waals surface area contributed by atoms with Crippen molar-refractivity contribution in [2.45, 2.75) is 70.4 Å². The topological polar surface area (TPSA) is 48.6 Å². The predicted octanol–water partition coefficient (Wildman–Crippen LogP) is 12.1. The molecule has 262 valence electrons. The van der Waals surface area contributed by atoms with E-state index in [4.69, 9.17) is 19.5 Å². The average Bonchev–Trinajstić information content (AvgIpc) is 3.80. The molecule has 3 aliphatic rings. The Bertz CT molecular complexity index is 2540. The van der Waals surface area contributed by atoms with E-state index in [-0.39, 0.29) is 17.6 Å². The van der Waals surface area contributed by atoms with E-state index in [1.165, 1.54) is 59.7 Å². The van der Waals surface area contributed by atoms with Gasteiger partial charge in [-0.3, -0.25) is 4.57 Å². The number of hydrogen-bond acceptors (Lipinski definition) is 4. The first kappa shape index (κ1) is 32.0. The van der Waals surface area contributed by atoms with Gasteiger partial charge in [-0.1, -0.05) is 112 Å². The van der Waals surface area contributed by atoms with Crippen LogP contribution in [0.1, 0.15) is 79.9 Å². The van der Waals surface area contributed by atoms with E-state index in [9.17, 15) is 0 Å². The Hall–Kier alpha value is -5.68. The molecule has 2 atom stereocenters. The van der Waals surface area contributed by atoms with Crippen molar-refractivity contribution in [3.63, 3.8) is 0 Å². The van der Waals surface area contributed by atoms with Crippen molar-refractivity contribution in [2.24, 2.45) is 10.9 Å². The number of nitrogens with zero attached hydrogens (tertiary/aromatic N) is 3. The molecule has 0 N–H and O–H groups in total. The van der Waals surface area contributed by atoms with E-state index < -0.39 is 0 Å². The van der Waals surface area contributed by atoms with Crippen LogP contribution in [0.15, 0.2) is 133 Å². The summed E-state index contributed by atoms with van der Waals surface area (Å²) in [5.41, 5.74) is 11.1. The van der Waals surface area contributed by atoms with Crippen molar-refractivity contribution in [1.82, 2.24) is 9.55 Å². The number of fused-ring (bicyclic) bond motifs is 5. The van der Waals surface area contributed by atoms with Gasteiger partial charge in [-0.15, -0.1) is 0 Å². The summed E-state index contributed by atoms with van der Waals surface area (Å²) in [5.74, 6) is 2.78. The maximum atomic E-state index is 6.99. The number of ether oxygens (including phenoxy) is 2. The van der Waals surface area contributed by atoms with Gasteiger partial charge in [-0.25, -0.2) is 9.98 Å². The number of para-hydroxylation sites is 1. The van der Waals surface area contributed by atoms with Gasteiger partial charge in [0.25, 0.3) is 0 Å². The molecule has 0 unspecified atom stereocenters. The molecule has 0 spiro atoms. The second kappa shape index (κ2) is 12.5. The third-order valence-corrected chi connectivity index (χ3v) is 12.0. The Morgan fingerprint density at radius 3 is 2.28 bits per heavy atom. The van der Waals surface area contributed by atoms with Crippen LogP contribution in [0, 0.1) is 12.8 Å². The smallest absolute Gasteiger partial charge is 0.217 e. The summed E-state index contributed by atoms with van der Waals surface area (Å²) in [5, 5.41) is 2.39. The quantitative estimate of drug-likeness (QED) is 0.174. The van der Waals surface area contributed by atoms with Crippen LogP contribution in [0.4, 0.5) is 0 Å². The summed E-state index contributed by atoms with van der Waals surface area (Å²) < 4.78 is 16.2. The molecular formula is C48H43N3O2. The summed E-state index contributed by atoms with van der Waals surface area (Å²) in [6, 6.07) is 43.1. The van der Waals surface area contributed by atoms with E-state index >= 15 is 0 Å². The molecule has 5 aromatic carbocycles. The molecule has 10 rings (SSSR count). The molecule has 0 saturated heterocycles. The highest BCUT2D eigenvalue weighted by Crippen LogP contribution is 2.49. The Labute approximate surface area is 311 Å². The molecular weight excluding hydrogens is 651 g/mol. The number of pyridine rings is 1. The molecule has 1 fully saturated rings. The third kappa shape index (κ3) is 5.28. The third-order valence-electron chi connectivity index (χ3n) is 12.0. The number of aliphatic imine (C=N–C) groups is 1. The molecule has 4 heterocycles. The first-order chi connectivity index (χ1) is 25.9. The molecule has 1 saturated carbocycles. The summed E-state index contributed by atoms with van der Waals surface area (Å²) in [6.07, 6.45) is 8.02. The summed E-state index contributed by atoms with van der Waals surface area (Å²) >= 11 is 0. The van der Waals surface area contributed by atoms with E-state index in [0.29, 0.717) is 11.8 Å². The summed E-state index contributed by atoms with van der Waals surface area (Å²) in [7, 11) is 0. The van der Waals surface area contributed by atoms with Gasteiger partial charge in [-0.2, -0.15) is 0 Å². The molecule has 53 heavy (non-hydrogen) atoms. The zero-order chi connectivity index (χ0) is 35.7. The van der Waals surface area contributed by atoms with Crippen LogP contribution in [0.2, 0.25) is 0 Å². The lowest BCUT2D eigenvalue weighted by Crippen LogP contribution is -2.26. The van der Waals surface area contributed by atoms with E-state index in [2.05, 4.69) is 141 Å². The molecule has 5 nitrogen and oxygen atoms in total. The van der Waals surface area contributed by atoms with E-state index in [1.54, 1.807) is 0 Å². The molecule has 5 heteroatoms. The van der Waals surface area contributed by atoms with Crippen LogP contribution < -0.4 is 4.74 Å². The maximum absolute atomic E-state index is 6.99. The summed E-state index contributed by atoms with van der Waals surface area (Å²) in [6.45, 7) is 6.81. The number of aromatic nitrogens is 2. The van der Waals surface area contributed by atoms with Crippen molar-refractivity contribution in [1.29, 1.82) is 0 Å². The van der Waals surface area contributed by atoms with Gasteiger partial charge in [-0.05, 0) is 95.5 Å². The van der Waals surface area contributed by atoms with Crippen LogP contribution in [0.5, 0.6) is 11.5 Å². The van der Waals surface area contributed by atoms with Gasteiger partial charge in [0.05, 0.1) is 17.2 Å². The van der Waals surface area contributed by atoms with Gasteiger partial charge in [0, 0.05) is 34.0 Å². The molecule has 0 bridgehead atoms. The van der Waals surface area contributed by atoms with Gasteiger partial charge in [0.2, 0.25) is 5.90 Å². The van der Waals surface area contributed by atoms with Gasteiger partial charge in [0.1, 0.15) is 23.3 Å². The number of benzene rings is 5. The fraction of sp³-hybridized carbons (Fsp3) is 0.250. The Morgan fingerprint density at radius 1 is 0.717 bits per heavy atom. The average molecular weight is 694 g/mol. The highest BCUT2D eigenvalue weighted by molar-refractivity contribution is 6.10. The molecule has 2 aromatic heterocycles. The van der Waals surface area contributed by atoms with E-state index in [0.717, 1.165) is 50.5 Å². The zero-order valence-corrected chi connectivity index (χ0v) is 30.6. The van der Waals surface area contributed by atoms with Crippen LogP contribution in [0.25, 0.3) is 38.8 Å². The van der Waals surface area contributed by atoms with E-state index in [1.807, 2.05) is 12.3 Å². The predicted molar refractivity (Wildman–Crippen MR) is 215 cm³/mol. The Balaban J connectivity index is 1.10. The van der Waals surface area contributed by atoms with Crippen LogP contribution in [0.3, 0.4) is 0 Å². The lowest BCUT2D eigenvalue weighted by Gasteiger charge is -2.35. The highest BCUT2D eigenvalue weighted by atomic mass is 16.5. The van der Waals surface area contributed by atoms with Crippen LogP contribution in [-0.2, 0) is 10.2 Å². The van der Waals surface area contributed by atoms with Crippen molar-refractivity contribution >= 4 is 27.8 Å². The molecule has 0 amide bonds. The Morgan fingerprint density at radius 2 is 1.47 bits per heavy atom. The summed E-state index contributed by atoms with van der Waals surface area (Å²) in [4.78, 5) is 10.3. The fourth-order valence-corrected chi connectivity index (χ4v) is 9.26. The van der Waals surface area contributed by atoms with Crippen molar-refractivity contribution in [3.8, 4) is 28.3 Å². The van der Waals surface area contributed by atoms with Crippen molar-refractivity contribution in [2.75, 3.05) is 0 Å². The standard InChI is InChI=1S/C48H43N3O2/c1-30-25-40-41(51-44-37(38-22-14-24-49-46(38)51)21-13-23-39(44)48(40,2)3)29-42(30)52-36-27-34(31-15-7-4-8-16-31)26-35(28-36)47-50-43(32-17-9-5-10-18-32)45(53-47)33-19-11-6-12-20-33/h4,6-8,11-16,19-29,32,43,45H,5,9-10,17-18H2,1-3H3/t43-,45-/m1/s1. The molecule has 0 radical (unpaired) electrons. The van der Waals surface area contributed by atoms with Crippen LogP contribution >= 0.6 is 0 Å². The van der Waals surface area contributed by atoms with Crippen LogP contribution in [-0.4, -0.2) is 21.5 Å². The van der Waals surface area contributed by atoms with Gasteiger partial charge in [0.15, 0.2) is 0 Å². The van der Waals surface area contributed by atoms with Gasteiger partial charge < -0.3 is 9.47 Å². The largest absolute Gasteiger partial charge is 0.467 e. The first-order valence-electron chi connectivity index (χ1n) is 19.2. The maximum Gasteiger partial charge on any atom is 0.217 e. The lowest BCUT2D eigenvalue weighted by molar-refractivity contribution is 0.150. The zero-order valence-electron chi connectivity index (χ0n) is 30.6. The second-order valence-electron chi connectivity index (χ2n) is 15.7. The first-order valence-corrected chi connectivity index (χ1v) is 19.2. The second-order valence-corrected chi connectivity index (χ2v) is 15.7. The minimum absolute atomic E-state index is 0.0911. The number of hydrogen-bond donors (Lipinski definition) is 0. The van der Waals surface area contributed by atoms with Crippen molar-refractivity contribution < 1.29 is 9.47 Å². The monoisotopic (exact) mass is 693 g/mol. The highest BCUT2D eigenvalue weighted by Gasteiger charge is 2.39. The number of aryl methyl sites for hydroxylation is 1. The normalized spacial score (nSPS) is 19.2. The minimum Gasteiger partial charge on any atom is -0.467 e. The minimum atomic E-state index is -0.203. The molecule has 7 aromatic rings. The van der Waals surface area contributed by atoms with Gasteiger partial charge >= 0.3 is 0 Å². The Kier molecular flexibility index (Phi) is 7.54.